The Hall–Kier alpha value is -2.16. The van der Waals surface area contributed by atoms with Crippen LogP contribution in [0.25, 0.3) is 11.1 Å². The lowest BCUT2D eigenvalue weighted by Crippen LogP contribution is -2.15. The standard InChI is InChI=1S/C16H14Cl2N2O5S/c1-3-20-12-8-11(10(18)7-14(12)25-16(20)21)19-26(22,23)15-6-9(17)4-5-13(15)24-2/h4-8,19H,3H2,1-2H3. The first kappa shape index (κ1) is 18.6. The van der Waals surface area contributed by atoms with Crippen molar-refractivity contribution < 1.29 is 17.6 Å². The van der Waals surface area contributed by atoms with Gasteiger partial charge >= 0.3 is 5.76 Å². The third-order valence-electron chi connectivity index (χ3n) is 3.73. The summed E-state index contributed by atoms with van der Waals surface area (Å²) in [5, 5.41) is 0.321. The summed E-state index contributed by atoms with van der Waals surface area (Å²) in [6.07, 6.45) is 0. The van der Waals surface area contributed by atoms with Gasteiger partial charge < -0.3 is 9.15 Å². The summed E-state index contributed by atoms with van der Waals surface area (Å²) in [6, 6.07) is 7.07. The molecule has 1 aromatic heterocycles. The molecular formula is C16H14Cl2N2O5S. The van der Waals surface area contributed by atoms with E-state index in [2.05, 4.69) is 4.72 Å². The molecule has 1 N–H and O–H groups in total. The topological polar surface area (TPSA) is 90.5 Å². The molecule has 0 aliphatic heterocycles. The molecule has 3 aromatic rings. The summed E-state index contributed by atoms with van der Waals surface area (Å²) < 4.78 is 39.5. The van der Waals surface area contributed by atoms with Crippen LogP contribution >= 0.6 is 23.2 Å². The summed E-state index contributed by atoms with van der Waals surface area (Å²) in [5.41, 5.74) is 0.798. The highest BCUT2D eigenvalue weighted by Gasteiger charge is 2.22. The monoisotopic (exact) mass is 416 g/mol. The van der Waals surface area contributed by atoms with Crippen LogP contribution in [-0.4, -0.2) is 20.1 Å². The second kappa shape index (κ2) is 6.86. The summed E-state index contributed by atoms with van der Waals surface area (Å²) >= 11 is 12.1. The van der Waals surface area contributed by atoms with Crippen LogP contribution in [-0.2, 0) is 16.6 Å². The molecule has 0 spiro atoms. The maximum absolute atomic E-state index is 12.8. The molecule has 0 bridgehead atoms. The number of anilines is 1. The van der Waals surface area contributed by atoms with Gasteiger partial charge in [0.15, 0.2) is 5.58 Å². The summed E-state index contributed by atoms with van der Waals surface area (Å²) in [7, 11) is -2.69. The second-order valence-corrected chi connectivity index (χ2v) is 7.81. The molecule has 0 unspecified atom stereocenters. The molecule has 0 radical (unpaired) electrons. The zero-order valence-corrected chi connectivity index (χ0v) is 16.1. The van der Waals surface area contributed by atoms with Crippen molar-refractivity contribution in [2.24, 2.45) is 0 Å². The van der Waals surface area contributed by atoms with E-state index in [0.717, 1.165) is 0 Å². The van der Waals surface area contributed by atoms with Crippen LogP contribution in [0.4, 0.5) is 5.69 Å². The van der Waals surface area contributed by atoms with Gasteiger partial charge in [-0.15, -0.1) is 0 Å². The molecule has 0 saturated heterocycles. The van der Waals surface area contributed by atoms with Crippen LogP contribution in [0.15, 0.2) is 44.4 Å². The minimum absolute atomic E-state index is 0.0825. The molecule has 1 heterocycles. The van der Waals surface area contributed by atoms with Crippen LogP contribution in [0.5, 0.6) is 5.75 Å². The van der Waals surface area contributed by atoms with Crippen LogP contribution in [0.1, 0.15) is 6.92 Å². The number of fused-ring (bicyclic) bond motifs is 1. The highest BCUT2D eigenvalue weighted by atomic mass is 35.5. The Labute approximate surface area is 159 Å². The molecule has 0 saturated carbocycles. The molecule has 3 rings (SSSR count). The number of hydrogen-bond donors (Lipinski definition) is 1. The first-order chi connectivity index (χ1) is 12.3. The van der Waals surface area contributed by atoms with Gasteiger partial charge in [-0.25, -0.2) is 13.2 Å². The summed E-state index contributed by atoms with van der Waals surface area (Å²) in [4.78, 5) is 11.7. The number of nitrogens with one attached hydrogen (secondary N) is 1. The smallest absolute Gasteiger partial charge is 0.419 e. The first-order valence-electron chi connectivity index (χ1n) is 7.46. The van der Waals surface area contributed by atoms with Crippen molar-refractivity contribution in [2.45, 2.75) is 18.4 Å². The number of halogens is 2. The summed E-state index contributed by atoms with van der Waals surface area (Å²) in [6.45, 7) is 2.13. The van der Waals surface area contributed by atoms with E-state index in [9.17, 15) is 13.2 Å². The Kier molecular flexibility index (Phi) is 4.92. The van der Waals surface area contributed by atoms with Crippen molar-refractivity contribution in [3.05, 3.63) is 50.9 Å². The van der Waals surface area contributed by atoms with Crippen LogP contribution in [0, 0.1) is 0 Å². The van der Waals surface area contributed by atoms with Gasteiger partial charge in [-0.1, -0.05) is 23.2 Å². The Bertz CT molecular complexity index is 1150. The van der Waals surface area contributed by atoms with E-state index in [1.807, 2.05) is 0 Å². The van der Waals surface area contributed by atoms with E-state index in [0.29, 0.717) is 12.1 Å². The molecule has 26 heavy (non-hydrogen) atoms. The summed E-state index contributed by atoms with van der Waals surface area (Å²) in [5.74, 6) is -0.414. The number of aromatic nitrogens is 1. The normalized spacial score (nSPS) is 11.7. The highest BCUT2D eigenvalue weighted by Crippen LogP contribution is 2.33. The average Bonchev–Trinajstić information content (AvgIpc) is 2.89. The Morgan fingerprint density at radius 2 is 1.96 bits per heavy atom. The van der Waals surface area contributed by atoms with Gasteiger partial charge in [0, 0.05) is 17.6 Å². The first-order valence-corrected chi connectivity index (χ1v) is 9.70. The third kappa shape index (κ3) is 3.27. The van der Waals surface area contributed by atoms with E-state index in [1.165, 1.54) is 42.0 Å². The molecule has 0 aliphatic rings. The number of aryl methyl sites for hydroxylation is 1. The fourth-order valence-corrected chi connectivity index (χ4v) is 4.28. The zero-order chi connectivity index (χ0) is 19.1. The largest absolute Gasteiger partial charge is 0.495 e. The molecule has 2 aromatic carbocycles. The van der Waals surface area contributed by atoms with Crippen molar-refractivity contribution in [3.63, 3.8) is 0 Å². The number of oxazole rings is 1. The maximum atomic E-state index is 12.8. The predicted molar refractivity (Wildman–Crippen MR) is 100.0 cm³/mol. The van der Waals surface area contributed by atoms with Gasteiger partial charge in [-0.05, 0) is 31.2 Å². The van der Waals surface area contributed by atoms with Crippen LogP contribution in [0.2, 0.25) is 10.0 Å². The number of hydrogen-bond acceptors (Lipinski definition) is 5. The molecule has 10 heteroatoms. The lowest BCUT2D eigenvalue weighted by molar-refractivity contribution is 0.403. The SMILES string of the molecule is CCn1c(=O)oc2cc(Cl)c(NS(=O)(=O)c3cc(Cl)ccc3OC)cc21. The van der Waals surface area contributed by atoms with Crippen molar-refractivity contribution >= 4 is 50.0 Å². The number of methoxy groups -OCH3 is 1. The second-order valence-electron chi connectivity index (χ2n) is 5.31. The third-order valence-corrected chi connectivity index (χ3v) is 5.67. The lowest BCUT2D eigenvalue weighted by Gasteiger charge is -2.13. The minimum atomic E-state index is -4.04. The Morgan fingerprint density at radius 3 is 2.62 bits per heavy atom. The van der Waals surface area contributed by atoms with Crippen molar-refractivity contribution in [1.82, 2.24) is 4.57 Å². The van der Waals surface area contributed by atoms with E-state index >= 15 is 0 Å². The fraction of sp³-hybridized carbons (Fsp3) is 0.188. The average molecular weight is 417 g/mol. The highest BCUT2D eigenvalue weighted by molar-refractivity contribution is 7.92. The van der Waals surface area contributed by atoms with Gasteiger partial charge in [-0.3, -0.25) is 9.29 Å². The van der Waals surface area contributed by atoms with E-state index in [-0.39, 0.29) is 32.0 Å². The van der Waals surface area contributed by atoms with Gasteiger partial charge in [0.1, 0.15) is 10.6 Å². The number of benzene rings is 2. The zero-order valence-electron chi connectivity index (χ0n) is 13.7. The molecule has 0 amide bonds. The fourth-order valence-electron chi connectivity index (χ4n) is 2.52. The van der Waals surface area contributed by atoms with E-state index < -0.39 is 15.8 Å². The van der Waals surface area contributed by atoms with Gasteiger partial charge in [0.05, 0.1) is 23.3 Å². The molecule has 138 valence electrons. The van der Waals surface area contributed by atoms with Gasteiger partial charge in [-0.2, -0.15) is 0 Å². The molecule has 0 fully saturated rings. The van der Waals surface area contributed by atoms with Crippen LogP contribution in [0.3, 0.4) is 0 Å². The lowest BCUT2D eigenvalue weighted by atomic mass is 10.3. The van der Waals surface area contributed by atoms with Crippen LogP contribution < -0.4 is 15.2 Å². The minimum Gasteiger partial charge on any atom is -0.495 e. The van der Waals surface area contributed by atoms with Crippen molar-refractivity contribution in [1.29, 1.82) is 0 Å². The number of ether oxygens (including phenoxy) is 1. The van der Waals surface area contributed by atoms with Gasteiger partial charge in [0.2, 0.25) is 0 Å². The molecule has 7 nitrogen and oxygen atoms in total. The quantitative estimate of drug-likeness (QED) is 0.683. The van der Waals surface area contributed by atoms with Gasteiger partial charge in [0.25, 0.3) is 10.0 Å². The number of nitrogens with zero attached hydrogens (tertiary/aromatic N) is 1. The Balaban J connectivity index is 2.12. The number of rotatable bonds is 5. The van der Waals surface area contributed by atoms with E-state index in [4.69, 9.17) is 32.4 Å². The maximum Gasteiger partial charge on any atom is 0.419 e. The molecule has 0 atom stereocenters. The predicted octanol–water partition coefficient (Wildman–Crippen LogP) is 3.73. The molecule has 0 aliphatic carbocycles. The van der Waals surface area contributed by atoms with Crippen molar-refractivity contribution in [3.8, 4) is 5.75 Å². The van der Waals surface area contributed by atoms with Crippen molar-refractivity contribution in [2.75, 3.05) is 11.8 Å². The van der Waals surface area contributed by atoms with E-state index in [1.54, 1.807) is 6.92 Å². The molecular weight excluding hydrogens is 403 g/mol. The Morgan fingerprint density at radius 1 is 1.23 bits per heavy atom. The number of sulfonamides is 1.